The van der Waals surface area contributed by atoms with Crippen molar-refractivity contribution in [3.05, 3.63) is 23.2 Å². The van der Waals surface area contributed by atoms with Gasteiger partial charge in [-0.1, -0.05) is 37.4 Å². The summed E-state index contributed by atoms with van der Waals surface area (Å²) < 4.78 is 0. The van der Waals surface area contributed by atoms with Crippen molar-refractivity contribution in [1.29, 1.82) is 0 Å². The van der Waals surface area contributed by atoms with Crippen LogP contribution < -0.4 is 10.6 Å². The standard InChI is InChI=1S/C12H15ClN2O/c1-2-3-6-10-12(16)15-11-8(13)5-4-7-9(11)14-10/h4-5,7,10,14H,2-3,6H2,1H3,(H,15,16). The largest absolute Gasteiger partial charge is 0.372 e. The number of halogens is 1. The first-order valence-corrected chi connectivity index (χ1v) is 5.96. The van der Waals surface area contributed by atoms with Crippen molar-refractivity contribution in [1.82, 2.24) is 0 Å². The first-order valence-electron chi connectivity index (χ1n) is 5.58. The number of hydrogen-bond acceptors (Lipinski definition) is 2. The molecule has 4 heteroatoms. The van der Waals surface area contributed by atoms with Gasteiger partial charge in [-0.05, 0) is 18.6 Å². The molecule has 0 saturated carbocycles. The van der Waals surface area contributed by atoms with Gasteiger partial charge in [0.25, 0.3) is 0 Å². The summed E-state index contributed by atoms with van der Waals surface area (Å²) in [4.78, 5) is 11.8. The molecule has 0 spiro atoms. The Kier molecular flexibility index (Phi) is 3.34. The molecule has 86 valence electrons. The molecule has 0 aromatic heterocycles. The van der Waals surface area contributed by atoms with E-state index in [0.29, 0.717) is 10.7 Å². The van der Waals surface area contributed by atoms with Crippen LogP contribution in [0.25, 0.3) is 0 Å². The Morgan fingerprint density at radius 1 is 1.44 bits per heavy atom. The van der Waals surface area contributed by atoms with Gasteiger partial charge in [0, 0.05) is 0 Å². The van der Waals surface area contributed by atoms with Crippen LogP contribution in [0, 0.1) is 0 Å². The highest BCUT2D eigenvalue weighted by Gasteiger charge is 2.25. The number of unbranched alkanes of at least 4 members (excludes halogenated alkanes) is 1. The topological polar surface area (TPSA) is 41.1 Å². The molecule has 1 aromatic rings. The van der Waals surface area contributed by atoms with E-state index < -0.39 is 0 Å². The highest BCUT2D eigenvalue weighted by molar-refractivity contribution is 6.34. The summed E-state index contributed by atoms with van der Waals surface area (Å²) in [6, 6.07) is 5.45. The van der Waals surface area contributed by atoms with E-state index in [1.807, 2.05) is 12.1 Å². The molecule has 1 aliphatic rings. The average Bonchev–Trinajstić information content (AvgIpc) is 2.28. The zero-order valence-electron chi connectivity index (χ0n) is 9.22. The van der Waals surface area contributed by atoms with Crippen LogP contribution in [-0.2, 0) is 4.79 Å². The summed E-state index contributed by atoms with van der Waals surface area (Å²) in [6.45, 7) is 2.12. The number of nitrogens with one attached hydrogen (secondary N) is 2. The molecule has 0 saturated heterocycles. The molecule has 0 fully saturated rings. The molecule has 1 atom stereocenters. The van der Waals surface area contributed by atoms with Crippen LogP contribution in [0.1, 0.15) is 26.2 Å². The second kappa shape index (κ2) is 4.74. The molecule has 0 aliphatic carbocycles. The minimum Gasteiger partial charge on any atom is -0.372 e. The number of anilines is 2. The van der Waals surface area contributed by atoms with Gasteiger partial charge in [-0.2, -0.15) is 0 Å². The van der Waals surface area contributed by atoms with Crippen LogP contribution in [0.3, 0.4) is 0 Å². The van der Waals surface area contributed by atoms with Crippen molar-refractivity contribution in [3.63, 3.8) is 0 Å². The molecule has 2 rings (SSSR count). The third-order valence-electron chi connectivity index (χ3n) is 2.75. The zero-order valence-corrected chi connectivity index (χ0v) is 9.97. The molecule has 3 nitrogen and oxygen atoms in total. The normalized spacial score (nSPS) is 18.6. The van der Waals surface area contributed by atoms with Crippen molar-refractivity contribution in [2.45, 2.75) is 32.2 Å². The van der Waals surface area contributed by atoms with Crippen LogP contribution in [-0.4, -0.2) is 11.9 Å². The van der Waals surface area contributed by atoms with E-state index in [1.165, 1.54) is 0 Å². The smallest absolute Gasteiger partial charge is 0.246 e. The SMILES string of the molecule is CCCCC1Nc2cccc(Cl)c2NC1=O. The molecule has 2 N–H and O–H groups in total. The van der Waals surface area contributed by atoms with Crippen molar-refractivity contribution >= 4 is 28.9 Å². The van der Waals surface area contributed by atoms with Gasteiger partial charge in [0.05, 0.1) is 16.4 Å². The Labute approximate surface area is 100 Å². The number of carbonyl (C=O) groups excluding carboxylic acids is 1. The molecule has 1 unspecified atom stereocenters. The van der Waals surface area contributed by atoms with Gasteiger partial charge in [-0.3, -0.25) is 4.79 Å². The molecule has 1 heterocycles. The Morgan fingerprint density at radius 3 is 3.00 bits per heavy atom. The van der Waals surface area contributed by atoms with Crippen LogP contribution >= 0.6 is 11.6 Å². The minimum atomic E-state index is -0.133. The molecular weight excluding hydrogens is 224 g/mol. The Balaban J connectivity index is 2.19. The number of rotatable bonds is 3. The van der Waals surface area contributed by atoms with E-state index in [1.54, 1.807) is 6.07 Å². The van der Waals surface area contributed by atoms with Gasteiger partial charge in [0.1, 0.15) is 6.04 Å². The monoisotopic (exact) mass is 238 g/mol. The fourth-order valence-corrected chi connectivity index (χ4v) is 2.07. The van der Waals surface area contributed by atoms with E-state index in [2.05, 4.69) is 17.6 Å². The van der Waals surface area contributed by atoms with Gasteiger partial charge in [0.15, 0.2) is 0 Å². The van der Waals surface area contributed by atoms with Gasteiger partial charge in [0.2, 0.25) is 5.91 Å². The lowest BCUT2D eigenvalue weighted by atomic mass is 10.1. The molecule has 0 bridgehead atoms. The zero-order chi connectivity index (χ0) is 11.5. The van der Waals surface area contributed by atoms with E-state index >= 15 is 0 Å². The molecular formula is C12H15ClN2O. The quantitative estimate of drug-likeness (QED) is 0.849. The second-order valence-corrected chi connectivity index (χ2v) is 4.40. The predicted octanol–water partition coefficient (Wildman–Crippen LogP) is 3.26. The van der Waals surface area contributed by atoms with E-state index in [4.69, 9.17) is 11.6 Å². The number of hydrogen-bond donors (Lipinski definition) is 2. The second-order valence-electron chi connectivity index (χ2n) is 3.99. The third-order valence-corrected chi connectivity index (χ3v) is 3.07. The van der Waals surface area contributed by atoms with Crippen molar-refractivity contribution < 1.29 is 4.79 Å². The van der Waals surface area contributed by atoms with E-state index in [9.17, 15) is 4.79 Å². The number of carbonyl (C=O) groups is 1. The summed E-state index contributed by atoms with van der Waals surface area (Å²) >= 11 is 6.00. The van der Waals surface area contributed by atoms with Crippen molar-refractivity contribution in [2.75, 3.05) is 10.6 Å². The highest BCUT2D eigenvalue weighted by atomic mass is 35.5. The molecule has 16 heavy (non-hydrogen) atoms. The van der Waals surface area contributed by atoms with E-state index in [0.717, 1.165) is 24.9 Å². The van der Waals surface area contributed by atoms with Gasteiger partial charge in [-0.25, -0.2) is 0 Å². The molecule has 1 amide bonds. The summed E-state index contributed by atoms with van der Waals surface area (Å²) in [5.74, 6) is 0.00838. The van der Waals surface area contributed by atoms with Crippen LogP contribution in [0.5, 0.6) is 0 Å². The third kappa shape index (κ3) is 2.14. The first-order chi connectivity index (χ1) is 7.72. The molecule has 1 aromatic carbocycles. The maximum absolute atomic E-state index is 11.8. The van der Waals surface area contributed by atoms with Gasteiger partial charge in [-0.15, -0.1) is 0 Å². The van der Waals surface area contributed by atoms with Crippen LogP contribution in [0.15, 0.2) is 18.2 Å². The highest BCUT2D eigenvalue weighted by Crippen LogP contribution is 2.34. The van der Waals surface area contributed by atoms with Crippen molar-refractivity contribution in [3.8, 4) is 0 Å². The van der Waals surface area contributed by atoms with Crippen molar-refractivity contribution in [2.24, 2.45) is 0 Å². The lowest BCUT2D eigenvalue weighted by Gasteiger charge is -2.27. The number of amides is 1. The maximum atomic E-state index is 11.8. The fourth-order valence-electron chi connectivity index (χ4n) is 1.85. The van der Waals surface area contributed by atoms with Gasteiger partial charge >= 0.3 is 0 Å². The summed E-state index contributed by atoms with van der Waals surface area (Å²) in [7, 11) is 0. The first kappa shape index (κ1) is 11.3. The number of para-hydroxylation sites is 1. The summed E-state index contributed by atoms with van der Waals surface area (Å²) in [5, 5.41) is 6.66. The maximum Gasteiger partial charge on any atom is 0.246 e. The number of benzene rings is 1. The van der Waals surface area contributed by atoms with Gasteiger partial charge < -0.3 is 10.6 Å². The summed E-state index contributed by atoms with van der Waals surface area (Å²) in [6.07, 6.45) is 2.99. The lowest BCUT2D eigenvalue weighted by molar-refractivity contribution is -0.117. The lowest BCUT2D eigenvalue weighted by Crippen LogP contribution is -2.38. The molecule has 0 radical (unpaired) electrons. The Morgan fingerprint density at radius 2 is 2.25 bits per heavy atom. The average molecular weight is 239 g/mol. The Bertz CT molecular complexity index is 406. The minimum absolute atomic E-state index is 0.00838. The summed E-state index contributed by atoms with van der Waals surface area (Å²) in [5.41, 5.74) is 1.61. The Hall–Kier alpha value is -1.22. The van der Waals surface area contributed by atoms with E-state index in [-0.39, 0.29) is 11.9 Å². The number of fused-ring (bicyclic) bond motifs is 1. The van der Waals surface area contributed by atoms with Crippen LogP contribution in [0.4, 0.5) is 11.4 Å². The predicted molar refractivity (Wildman–Crippen MR) is 67.0 cm³/mol. The fraction of sp³-hybridized carbons (Fsp3) is 0.417. The molecule has 1 aliphatic heterocycles. The van der Waals surface area contributed by atoms with Crippen LogP contribution in [0.2, 0.25) is 5.02 Å².